The Kier molecular flexibility index (Phi) is 14.7. The highest BCUT2D eigenvalue weighted by Crippen LogP contribution is 2.34. The van der Waals surface area contributed by atoms with Gasteiger partial charge in [0.1, 0.15) is 23.1 Å². The van der Waals surface area contributed by atoms with Gasteiger partial charge < -0.3 is 30.8 Å². The Labute approximate surface area is 257 Å². The molecule has 10 nitrogen and oxygen atoms in total. The molecule has 0 spiro atoms. The summed E-state index contributed by atoms with van der Waals surface area (Å²) in [4.78, 5) is 47.0. The van der Waals surface area contributed by atoms with Crippen molar-refractivity contribution in [3.8, 4) is 0 Å². The van der Waals surface area contributed by atoms with Gasteiger partial charge in [-0.3, -0.25) is 19.2 Å². The third kappa shape index (κ3) is 12.3. The molecule has 2 heterocycles. The van der Waals surface area contributed by atoms with E-state index in [-0.39, 0.29) is 77.3 Å². The minimum Gasteiger partial charge on any atom is -0.427 e. The van der Waals surface area contributed by atoms with Gasteiger partial charge in [-0.05, 0) is 84.5 Å². The molecule has 2 saturated carbocycles. The molecule has 0 bridgehead atoms. The number of allylic oxidation sites excluding steroid dienone is 1. The molecule has 0 unspecified atom stereocenters. The lowest BCUT2D eigenvalue weighted by Crippen LogP contribution is -2.38. The van der Waals surface area contributed by atoms with Crippen molar-refractivity contribution in [2.24, 2.45) is 23.3 Å². The summed E-state index contributed by atoms with van der Waals surface area (Å²) in [6.45, 7) is 3.03. The average Bonchev–Trinajstić information content (AvgIpc) is 3.10. The van der Waals surface area contributed by atoms with Gasteiger partial charge in [0.2, 0.25) is 0 Å². The van der Waals surface area contributed by atoms with Crippen LogP contribution in [0.25, 0.3) is 0 Å². The van der Waals surface area contributed by atoms with Crippen molar-refractivity contribution in [1.29, 1.82) is 0 Å². The summed E-state index contributed by atoms with van der Waals surface area (Å²) in [5.41, 5.74) is 11.7. The molecule has 12 heteroatoms. The summed E-state index contributed by atoms with van der Waals surface area (Å²) >= 11 is 0. The lowest BCUT2D eigenvalue weighted by molar-refractivity contribution is -0.125. The molecule has 240 valence electrons. The van der Waals surface area contributed by atoms with Crippen molar-refractivity contribution >= 4 is 37.4 Å². The number of rotatable bonds is 10. The van der Waals surface area contributed by atoms with Crippen molar-refractivity contribution < 1.29 is 38.5 Å². The Bertz CT molecular complexity index is 965. The molecule has 0 amide bonds. The first-order chi connectivity index (χ1) is 20.4. The number of Topliss-reactive ketones (excluding diaryl/α,β-unsaturated/α-hetero) is 4. The molecule has 3 fully saturated rings. The van der Waals surface area contributed by atoms with Crippen LogP contribution < -0.4 is 11.5 Å². The van der Waals surface area contributed by atoms with E-state index >= 15 is 0 Å². The summed E-state index contributed by atoms with van der Waals surface area (Å²) in [5, 5.41) is 20.2. The monoisotopic (exact) mass is 602 g/mol. The van der Waals surface area contributed by atoms with Crippen LogP contribution in [-0.2, 0) is 28.5 Å². The molecule has 43 heavy (non-hydrogen) atoms. The first kappa shape index (κ1) is 35.8. The fraction of sp³-hybridized carbons (Fsp3) is 0.806. The van der Waals surface area contributed by atoms with Crippen molar-refractivity contribution in [1.82, 2.24) is 0 Å². The van der Waals surface area contributed by atoms with Crippen LogP contribution in [0.5, 0.6) is 0 Å². The van der Waals surface area contributed by atoms with Gasteiger partial charge in [-0.25, -0.2) is 0 Å². The average molecular weight is 602 g/mol. The van der Waals surface area contributed by atoms with Crippen LogP contribution in [0.15, 0.2) is 12.2 Å². The smallest absolute Gasteiger partial charge is 0.427 e. The van der Waals surface area contributed by atoms with E-state index in [4.69, 9.17) is 20.8 Å². The van der Waals surface area contributed by atoms with Crippen molar-refractivity contribution in [2.75, 3.05) is 0 Å². The number of hydrogen-bond acceptors (Lipinski definition) is 10. The normalized spacial score (nSPS) is 33.2. The van der Waals surface area contributed by atoms with E-state index in [0.717, 1.165) is 64.2 Å². The maximum absolute atomic E-state index is 12.4. The van der Waals surface area contributed by atoms with Crippen LogP contribution >= 0.6 is 0 Å². The topological polar surface area (TPSA) is 179 Å². The van der Waals surface area contributed by atoms with Gasteiger partial charge in [0, 0.05) is 67.3 Å². The lowest BCUT2D eigenvalue weighted by Gasteiger charge is -2.32. The van der Waals surface area contributed by atoms with Crippen molar-refractivity contribution in [2.45, 2.75) is 146 Å². The molecule has 0 aromatic carbocycles. The zero-order valence-electron chi connectivity index (χ0n) is 26.0. The van der Waals surface area contributed by atoms with Crippen LogP contribution in [0.2, 0.25) is 11.6 Å². The molecule has 0 aromatic heterocycles. The second kappa shape index (κ2) is 17.7. The van der Waals surface area contributed by atoms with E-state index in [1.54, 1.807) is 0 Å². The Morgan fingerprint density at radius 1 is 0.674 bits per heavy atom. The number of nitrogens with two attached hydrogens (primary N) is 2. The predicted molar refractivity (Wildman–Crippen MR) is 166 cm³/mol. The molecule has 0 radical (unpaired) electrons. The molecule has 6 N–H and O–H groups in total. The second-order valence-electron chi connectivity index (χ2n) is 13.4. The van der Waals surface area contributed by atoms with Crippen molar-refractivity contribution in [3.63, 3.8) is 0 Å². The SMILES string of the molecule is CC(=O)C[C@@H]1CC[C@H](CC(=O)C2CCC(N)CC2)B(O)O1.CC(=O)C[C@H]1C=CC[C@H](CC(=O)C2CCC(N)CC2)B(O)O1. The molecule has 4 aliphatic rings. The summed E-state index contributed by atoms with van der Waals surface area (Å²) in [5.74, 6) is 0.361. The Hall–Kier alpha value is -1.69. The molecule has 1 saturated heterocycles. The predicted octanol–water partition coefficient (Wildman–Crippen LogP) is 3.11. The van der Waals surface area contributed by atoms with E-state index in [1.807, 2.05) is 12.2 Å². The van der Waals surface area contributed by atoms with Gasteiger partial charge in [0.15, 0.2) is 0 Å². The Morgan fingerprint density at radius 3 is 1.65 bits per heavy atom. The zero-order chi connectivity index (χ0) is 31.5. The highest BCUT2D eigenvalue weighted by Gasteiger charge is 2.38. The van der Waals surface area contributed by atoms with Crippen LogP contribution in [0.4, 0.5) is 0 Å². The number of ketones is 4. The van der Waals surface area contributed by atoms with Crippen LogP contribution in [0.1, 0.15) is 110 Å². The largest absolute Gasteiger partial charge is 0.458 e. The first-order valence-corrected chi connectivity index (χ1v) is 16.3. The summed E-state index contributed by atoms with van der Waals surface area (Å²) in [6, 6.07) is 0.469. The van der Waals surface area contributed by atoms with Gasteiger partial charge in [-0.1, -0.05) is 12.2 Å². The minimum absolute atomic E-state index is 0.0231. The summed E-state index contributed by atoms with van der Waals surface area (Å²) in [7, 11) is -1.91. The standard InChI is InChI=1S/C16H26BNO4.C15H26BNO4/c1-11(19)9-15-4-2-3-13(17(21)22-15)10-16(20)12-5-7-14(18)8-6-12;1-10(18)8-14-7-4-12(16(20)21-14)9-15(19)11-2-5-13(17)6-3-11/h2,4,12-15,21H,3,5-10,18H2,1H3;11-14,20H,2-9,17H2,1H3/t12?,13-,14?,15-;11?,12-,13?,14+/m11/s1. The number of hydrogen-bond donors (Lipinski definition) is 4. The fourth-order valence-corrected chi connectivity index (χ4v) is 6.77. The zero-order valence-corrected chi connectivity index (χ0v) is 26.0. The molecule has 2 aliphatic heterocycles. The number of carbonyl (C=O) groups is 4. The van der Waals surface area contributed by atoms with Gasteiger partial charge in [-0.2, -0.15) is 0 Å². The quantitative estimate of drug-likeness (QED) is 0.214. The minimum atomic E-state index is -0.992. The molecular weight excluding hydrogens is 550 g/mol. The Morgan fingerprint density at radius 2 is 1.16 bits per heavy atom. The summed E-state index contributed by atoms with van der Waals surface area (Å²) < 4.78 is 11.0. The third-order valence-electron chi connectivity index (χ3n) is 9.49. The Balaban J connectivity index is 0.000000236. The van der Waals surface area contributed by atoms with E-state index in [0.29, 0.717) is 25.7 Å². The van der Waals surface area contributed by atoms with Crippen LogP contribution in [0, 0.1) is 11.8 Å². The van der Waals surface area contributed by atoms with Crippen molar-refractivity contribution in [3.05, 3.63) is 12.2 Å². The lowest BCUT2D eigenvalue weighted by atomic mass is 9.63. The van der Waals surface area contributed by atoms with E-state index in [9.17, 15) is 29.2 Å². The van der Waals surface area contributed by atoms with Gasteiger partial charge in [-0.15, -0.1) is 0 Å². The molecular formula is C31H52B2N2O8. The van der Waals surface area contributed by atoms with E-state index < -0.39 is 14.2 Å². The maximum Gasteiger partial charge on any atom is 0.458 e. The van der Waals surface area contributed by atoms with Gasteiger partial charge in [0.25, 0.3) is 0 Å². The summed E-state index contributed by atoms with van der Waals surface area (Å²) in [6.07, 6.45) is 13.6. The molecule has 4 atom stereocenters. The van der Waals surface area contributed by atoms with Gasteiger partial charge >= 0.3 is 14.2 Å². The fourth-order valence-electron chi connectivity index (χ4n) is 6.77. The first-order valence-electron chi connectivity index (χ1n) is 16.3. The third-order valence-corrected chi connectivity index (χ3v) is 9.49. The van der Waals surface area contributed by atoms with Gasteiger partial charge in [0.05, 0.1) is 6.10 Å². The highest BCUT2D eigenvalue weighted by molar-refractivity contribution is 6.46. The molecule has 2 aliphatic carbocycles. The van der Waals surface area contributed by atoms with E-state index in [2.05, 4.69) is 0 Å². The molecule has 4 rings (SSSR count). The highest BCUT2D eigenvalue weighted by atomic mass is 16.5. The number of carbonyl (C=O) groups excluding carboxylic acids is 4. The van der Waals surface area contributed by atoms with Crippen LogP contribution in [0.3, 0.4) is 0 Å². The van der Waals surface area contributed by atoms with E-state index in [1.165, 1.54) is 13.8 Å². The molecule has 0 aromatic rings. The maximum atomic E-state index is 12.4. The second-order valence-corrected chi connectivity index (χ2v) is 13.4. The van der Waals surface area contributed by atoms with Crippen LogP contribution in [-0.4, -0.2) is 71.7 Å².